The number of anilines is 2. The number of hydrogen-bond donors (Lipinski definition) is 3. The minimum Gasteiger partial charge on any atom is -0.376 e. The number of carbonyl (C=O) groups is 1. The van der Waals surface area contributed by atoms with E-state index in [-0.39, 0.29) is 11.8 Å². The Morgan fingerprint density at radius 1 is 1.03 bits per heavy atom. The van der Waals surface area contributed by atoms with Gasteiger partial charge in [0.2, 0.25) is 0 Å². The highest BCUT2D eigenvalue weighted by atomic mass is 32.2. The van der Waals surface area contributed by atoms with Gasteiger partial charge in [-0.25, -0.2) is 4.98 Å². The van der Waals surface area contributed by atoms with Crippen LogP contribution in [0.3, 0.4) is 0 Å². The molecule has 1 saturated carbocycles. The van der Waals surface area contributed by atoms with Crippen LogP contribution >= 0.6 is 11.9 Å². The van der Waals surface area contributed by atoms with E-state index in [4.69, 9.17) is 10.1 Å². The van der Waals surface area contributed by atoms with E-state index in [0.717, 1.165) is 36.1 Å². The first-order valence-electron chi connectivity index (χ1n) is 11.2. The summed E-state index contributed by atoms with van der Waals surface area (Å²) in [5, 5.41) is 11.9. The lowest BCUT2D eigenvalue weighted by Crippen LogP contribution is -2.24. The van der Waals surface area contributed by atoms with E-state index < -0.39 is 0 Å². The molecule has 3 N–H and O–H groups in total. The van der Waals surface area contributed by atoms with Crippen LogP contribution in [0.1, 0.15) is 40.9 Å². The normalized spacial score (nSPS) is 13.2. The van der Waals surface area contributed by atoms with Crippen LogP contribution in [0.4, 0.5) is 11.5 Å². The fourth-order valence-corrected chi connectivity index (χ4v) is 4.05. The van der Waals surface area contributed by atoms with Gasteiger partial charge in [-0.05, 0) is 54.6 Å². The van der Waals surface area contributed by atoms with Crippen LogP contribution < -0.4 is 10.0 Å². The molecule has 1 heterocycles. The monoisotopic (exact) mass is 460 g/mol. The number of hydrogen-bond acceptors (Lipinski definition) is 6. The number of amides is 1. The summed E-state index contributed by atoms with van der Waals surface area (Å²) in [6.07, 6.45) is 3.23. The summed E-state index contributed by atoms with van der Waals surface area (Å²) in [4.78, 5) is 17.2. The van der Waals surface area contributed by atoms with Gasteiger partial charge >= 0.3 is 0 Å². The van der Waals surface area contributed by atoms with Gasteiger partial charge in [0, 0.05) is 28.6 Å². The van der Waals surface area contributed by atoms with Crippen molar-refractivity contribution in [2.24, 2.45) is 5.92 Å². The molecule has 1 aromatic heterocycles. The number of rotatable bonds is 11. The molecule has 7 heteroatoms. The first-order valence-corrected chi connectivity index (χ1v) is 12.1. The predicted octanol–water partition coefficient (Wildman–Crippen LogP) is 5.59. The molecule has 3 aromatic rings. The van der Waals surface area contributed by atoms with Crippen LogP contribution in [0, 0.1) is 11.3 Å². The minimum atomic E-state index is -0.263. The molecule has 0 saturated heterocycles. The highest BCUT2D eigenvalue weighted by Gasteiger charge is 2.26. The van der Waals surface area contributed by atoms with Crippen molar-refractivity contribution in [1.82, 2.24) is 9.71 Å². The van der Waals surface area contributed by atoms with Gasteiger partial charge < -0.3 is 15.5 Å². The number of aromatic nitrogens is 1. The fraction of sp³-hybridized carbons (Fsp3) is 0.269. The van der Waals surface area contributed by atoms with Crippen molar-refractivity contribution in [2.45, 2.75) is 25.9 Å². The Labute approximate surface area is 198 Å². The van der Waals surface area contributed by atoms with Crippen molar-refractivity contribution >= 4 is 35.1 Å². The smallest absolute Gasteiger partial charge is 0.279 e. The van der Waals surface area contributed by atoms with Crippen LogP contribution in [0.2, 0.25) is 0 Å². The zero-order chi connectivity index (χ0) is 22.9. The number of nitrogens with one attached hydrogen (secondary N) is 3. The lowest BCUT2D eigenvalue weighted by atomic mass is 9.79. The molecular weight excluding hydrogens is 432 g/mol. The largest absolute Gasteiger partial charge is 0.376 e. The number of para-hydroxylation sites is 1. The summed E-state index contributed by atoms with van der Waals surface area (Å²) >= 11 is 1.30. The number of nitrogens with zero attached hydrogens (tertiary/aromatic N) is 1. The molecule has 1 aliphatic rings. The number of ether oxygens (including phenoxy) is 1. The van der Waals surface area contributed by atoms with Crippen molar-refractivity contribution in [3.63, 3.8) is 0 Å². The van der Waals surface area contributed by atoms with Crippen molar-refractivity contribution < 1.29 is 9.53 Å². The maximum Gasteiger partial charge on any atom is 0.279 e. The van der Waals surface area contributed by atoms with E-state index in [9.17, 15) is 4.79 Å². The number of pyridine rings is 1. The van der Waals surface area contributed by atoms with E-state index >= 15 is 0 Å². The highest BCUT2D eigenvalue weighted by molar-refractivity contribution is 7.97. The van der Waals surface area contributed by atoms with Crippen molar-refractivity contribution in [3.8, 4) is 0 Å². The van der Waals surface area contributed by atoms with Crippen molar-refractivity contribution in [1.29, 1.82) is 5.41 Å². The highest BCUT2D eigenvalue weighted by Crippen LogP contribution is 2.32. The molecule has 0 bridgehead atoms. The maximum absolute atomic E-state index is 12.7. The predicted molar refractivity (Wildman–Crippen MR) is 134 cm³/mol. The second-order valence-electron chi connectivity index (χ2n) is 7.94. The van der Waals surface area contributed by atoms with Gasteiger partial charge in [0.15, 0.2) is 0 Å². The van der Waals surface area contributed by atoms with Gasteiger partial charge in [0.1, 0.15) is 11.5 Å². The van der Waals surface area contributed by atoms with Crippen molar-refractivity contribution in [2.75, 3.05) is 17.7 Å². The topological polar surface area (TPSA) is 87.1 Å². The van der Waals surface area contributed by atoms with E-state index in [1.54, 1.807) is 6.07 Å². The van der Waals surface area contributed by atoms with E-state index in [1.165, 1.54) is 11.9 Å². The van der Waals surface area contributed by atoms with E-state index in [2.05, 4.69) is 15.0 Å². The first-order chi connectivity index (χ1) is 16.2. The summed E-state index contributed by atoms with van der Waals surface area (Å²) in [7, 11) is 0. The molecule has 6 nitrogen and oxygen atoms in total. The lowest BCUT2D eigenvalue weighted by Gasteiger charge is -2.27. The Morgan fingerprint density at radius 2 is 1.76 bits per heavy atom. The fourth-order valence-electron chi connectivity index (χ4n) is 3.51. The standard InChI is InChI=1S/C26H28N4O2S/c27-24(20-10-7-11-20)22-14-15-23(29-25(22)28-21-12-5-2-6-13-21)26(31)30-33-17-16-32-18-19-8-3-1-4-9-19/h1-6,8-9,12-15,20,27H,7,10-11,16-18H2,(H,28,29)(H,30,31). The van der Waals surface area contributed by atoms with E-state index in [0.29, 0.717) is 36.2 Å². The molecular formula is C26H28N4O2S. The Bertz CT molecular complexity index is 1070. The average Bonchev–Trinajstić information content (AvgIpc) is 2.81. The molecule has 170 valence electrons. The third-order valence-corrected chi connectivity index (χ3v) is 6.27. The number of carbonyl (C=O) groups excluding carboxylic acids is 1. The van der Waals surface area contributed by atoms with Crippen molar-refractivity contribution in [3.05, 3.63) is 89.6 Å². The molecule has 1 aliphatic carbocycles. The zero-order valence-electron chi connectivity index (χ0n) is 18.4. The maximum atomic E-state index is 12.7. The Kier molecular flexibility index (Phi) is 8.11. The van der Waals surface area contributed by atoms with Gasteiger partial charge in [0.25, 0.3) is 5.91 Å². The molecule has 2 aromatic carbocycles. The molecule has 0 atom stereocenters. The summed E-state index contributed by atoms with van der Waals surface area (Å²) in [5.74, 6) is 1.19. The van der Waals surface area contributed by atoms with Gasteiger partial charge in [-0.3, -0.25) is 9.52 Å². The quantitative estimate of drug-likeness (QED) is 0.197. The Hall–Kier alpha value is -3.16. The average molecular weight is 461 g/mol. The van der Waals surface area contributed by atoms with Gasteiger partial charge in [-0.1, -0.05) is 55.0 Å². The van der Waals surface area contributed by atoms with Gasteiger partial charge in [-0.2, -0.15) is 0 Å². The number of benzene rings is 2. The molecule has 33 heavy (non-hydrogen) atoms. The van der Waals surface area contributed by atoms with Crippen LogP contribution in [0.15, 0.2) is 72.8 Å². The second-order valence-corrected chi connectivity index (χ2v) is 8.84. The third-order valence-electron chi connectivity index (χ3n) is 5.57. The minimum absolute atomic E-state index is 0.263. The van der Waals surface area contributed by atoms with Crippen LogP contribution in [0.5, 0.6) is 0 Å². The first kappa shape index (κ1) is 23.0. The SMILES string of the molecule is N=C(c1ccc(C(=O)NSCCOCc2ccccc2)nc1Nc1ccccc1)C1CCC1. The van der Waals surface area contributed by atoms with Gasteiger partial charge in [-0.15, -0.1) is 0 Å². The summed E-state index contributed by atoms with van der Waals surface area (Å²) in [6.45, 7) is 1.09. The summed E-state index contributed by atoms with van der Waals surface area (Å²) in [5.41, 5.74) is 3.65. The molecule has 1 fully saturated rings. The molecule has 0 spiro atoms. The Balaban J connectivity index is 1.34. The van der Waals surface area contributed by atoms with Crippen LogP contribution in [-0.2, 0) is 11.3 Å². The summed E-state index contributed by atoms with van der Waals surface area (Å²) in [6, 6.07) is 23.2. The second kappa shape index (κ2) is 11.6. The lowest BCUT2D eigenvalue weighted by molar-refractivity contribution is 0.0979. The van der Waals surface area contributed by atoms with E-state index in [1.807, 2.05) is 66.7 Å². The third kappa shape index (κ3) is 6.43. The molecule has 1 amide bonds. The molecule has 0 radical (unpaired) electrons. The molecule has 4 rings (SSSR count). The van der Waals surface area contributed by atoms with Gasteiger partial charge in [0.05, 0.1) is 13.2 Å². The van der Waals surface area contributed by atoms with Crippen LogP contribution in [-0.4, -0.2) is 29.0 Å². The van der Waals surface area contributed by atoms with Crippen LogP contribution in [0.25, 0.3) is 0 Å². The Morgan fingerprint density at radius 3 is 2.45 bits per heavy atom. The summed E-state index contributed by atoms with van der Waals surface area (Å²) < 4.78 is 8.49. The molecule has 0 unspecified atom stereocenters. The molecule has 0 aliphatic heterocycles. The zero-order valence-corrected chi connectivity index (χ0v) is 19.2.